The van der Waals surface area contributed by atoms with Crippen LogP contribution >= 0.6 is 0 Å². The van der Waals surface area contributed by atoms with Crippen molar-refractivity contribution in [1.29, 1.82) is 0 Å². The van der Waals surface area contributed by atoms with E-state index in [2.05, 4.69) is 6.07 Å². The standard InChI is InChI=1S/C17H19FO/c18-15-9-8-13-12(11-6-7-11)3-1-4-14(13)17(15)10-2-5-16(17)19/h1,3-4,11,15H,2,5-10H2/t15-,17+/m1/s1. The molecule has 1 aromatic rings. The molecular weight excluding hydrogens is 239 g/mol. The second-order valence-electron chi connectivity index (χ2n) is 6.40. The van der Waals surface area contributed by atoms with Crippen molar-refractivity contribution in [3.8, 4) is 0 Å². The van der Waals surface area contributed by atoms with Gasteiger partial charge in [-0.2, -0.15) is 0 Å². The van der Waals surface area contributed by atoms with Crippen molar-refractivity contribution in [2.45, 2.75) is 62.5 Å². The summed E-state index contributed by atoms with van der Waals surface area (Å²) in [7, 11) is 0. The van der Waals surface area contributed by atoms with Crippen LogP contribution in [0.2, 0.25) is 0 Å². The van der Waals surface area contributed by atoms with E-state index in [-0.39, 0.29) is 5.78 Å². The highest BCUT2D eigenvalue weighted by Gasteiger charge is 2.53. The number of ketones is 1. The van der Waals surface area contributed by atoms with Crippen molar-refractivity contribution in [2.75, 3.05) is 0 Å². The Bertz CT molecular complexity index is 546. The Labute approximate surface area is 113 Å². The fourth-order valence-corrected chi connectivity index (χ4v) is 4.27. The minimum absolute atomic E-state index is 0.147. The van der Waals surface area contributed by atoms with Crippen molar-refractivity contribution < 1.29 is 9.18 Å². The van der Waals surface area contributed by atoms with Gasteiger partial charge in [0.05, 0.1) is 5.41 Å². The fourth-order valence-electron chi connectivity index (χ4n) is 4.27. The Morgan fingerprint density at radius 3 is 2.68 bits per heavy atom. The van der Waals surface area contributed by atoms with E-state index in [1.54, 1.807) is 0 Å². The summed E-state index contributed by atoms with van der Waals surface area (Å²) < 4.78 is 14.6. The molecule has 2 fully saturated rings. The van der Waals surface area contributed by atoms with Gasteiger partial charge in [-0.05, 0) is 61.1 Å². The van der Waals surface area contributed by atoms with Crippen molar-refractivity contribution in [2.24, 2.45) is 0 Å². The summed E-state index contributed by atoms with van der Waals surface area (Å²) in [6, 6.07) is 6.26. The SMILES string of the molecule is O=C1CCC[C@@]12c1cccc(C3CC3)c1CC[C@H]2F. The van der Waals surface area contributed by atoms with Crippen LogP contribution in [-0.2, 0) is 16.6 Å². The number of alkyl halides is 1. The van der Waals surface area contributed by atoms with Gasteiger partial charge < -0.3 is 0 Å². The van der Waals surface area contributed by atoms with Crippen molar-refractivity contribution in [1.82, 2.24) is 0 Å². The molecule has 0 amide bonds. The van der Waals surface area contributed by atoms with Crippen LogP contribution in [0.1, 0.15) is 61.1 Å². The zero-order valence-electron chi connectivity index (χ0n) is 11.1. The van der Waals surface area contributed by atoms with E-state index in [0.717, 1.165) is 18.4 Å². The summed E-state index contributed by atoms with van der Waals surface area (Å²) in [5, 5.41) is 0. The lowest BCUT2D eigenvalue weighted by Gasteiger charge is -2.38. The molecule has 0 saturated heterocycles. The lowest BCUT2D eigenvalue weighted by Crippen LogP contribution is -2.44. The maximum absolute atomic E-state index is 14.6. The number of benzene rings is 1. The number of halogens is 1. The molecule has 100 valence electrons. The Morgan fingerprint density at radius 1 is 1.16 bits per heavy atom. The van der Waals surface area contributed by atoms with Crippen LogP contribution < -0.4 is 0 Å². The third-order valence-corrected chi connectivity index (χ3v) is 5.37. The van der Waals surface area contributed by atoms with Crippen molar-refractivity contribution >= 4 is 5.78 Å². The van der Waals surface area contributed by atoms with E-state index in [0.29, 0.717) is 25.2 Å². The molecule has 0 aromatic heterocycles. The maximum atomic E-state index is 14.6. The molecular formula is C17H19FO. The first kappa shape index (κ1) is 11.6. The second-order valence-corrected chi connectivity index (χ2v) is 6.40. The average Bonchev–Trinajstić information content (AvgIpc) is 3.19. The molecule has 0 radical (unpaired) electrons. The van der Waals surface area contributed by atoms with Crippen LogP contribution in [0.4, 0.5) is 4.39 Å². The number of carbonyl (C=O) groups is 1. The molecule has 3 aliphatic carbocycles. The summed E-state index contributed by atoms with van der Waals surface area (Å²) in [6.07, 6.45) is 5.03. The van der Waals surface area contributed by atoms with Crippen molar-refractivity contribution in [3.05, 3.63) is 34.9 Å². The second kappa shape index (κ2) is 3.91. The fraction of sp³-hybridized carbons (Fsp3) is 0.588. The van der Waals surface area contributed by atoms with E-state index in [1.807, 2.05) is 12.1 Å². The summed E-state index contributed by atoms with van der Waals surface area (Å²) in [4.78, 5) is 12.4. The van der Waals surface area contributed by atoms with Gasteiger partial charge in [-0.1, -0.05) is 18.2 Å². The minimum Gasteiger partial charge on any atom is -0.299 e. The molecule has 19 heavy (non-hydrogen) atoms. The number of rotatable bonds is 1. The lowest BCUT2D eigenvalue weighted by atomic mass is 9.66. The van der Waals surface area contributed by atoms with E-state index < -0.39 is 11.6 Å². The Hall–Kier alpha value is -1.18. The average molecular weight is 258 g/mol. The lowest BCUT2D eigenvalue weighted by molar-refractivity contribution is -0.124. The topological polar surface area (TPSA) is 17.1 Å². The van der Waals surface area contributed by atoms with Gasteiger partial charge in [0.1, 0.15) is 12.0 Å². The maximum Gasteiger partial charge on any atom is 0.146 e. The molecule has 1 spiro atoms. The van der Waals surface area contributed by atoms with Crippen LogP contribution in [0.15, 0.2) is 18.2 Å². The highest BCUT2D eigenvalue weighted by atomic mass is 19.1. The molecule has 2 heteroatoms. The quantitative estimate of drug-likeness (QED) is 0.748. The van der Waals surface area contributed by atoms with Crippen molar-refractivity contribution in [3.63, 3.8) is 0 Å². The third-order valence-electron chi connectivity index (χ3n) is 5.37. The molecule has 1 aromatic carbocycles. The first-order valence-electron chi connectivity index (χ1n) is 7.53. The third kappa shape index (κ3) is 1.49. The monoisotopic (exact) mass is 258 g/mol. The van der Waals surface area contributed by atoms with E-state index in [9.17, 15) is 9.18 Å². The highest BCUT2D eigenvalue weighted by molar-refractivity contribution is 5.93. The smallest absolute Gasteiger partial charge is 0.146 e. The zero-order valence-corrected chi connectivity index (χ0v) is 11.1. The number of Topliss-reactive ketones (excluding diaryl/α,β-unsaturated/α-hetero) is 1. The van der Waals surface area contributed by atoms with Gasteiger partial charge in [0, 0.05) is 6.42 Å². The first-order valence-corrected chi connectivity index (χ1v) is 7.53. The van der Waals surface area contributed by atoms with Crippen LogP contribution in [0.5, 0.6) is 0 Å². The molecule has 0 unspecified atom stereocenters. The van der Waals surface area contributed by atoms with E-state index >= 15 is 0 Å². The van der Waals surface area contributed by atoms with Gasteiger partial charge in [-0.3, -0.25) is 4.79 Å². The summed E-state index contributed by atoms with van der Waals surface area (Å²) in [6.45, 7) is 0. The van der Waals surface area contributed by atoms with Crippen LogP contribution in [0.25, 0.3) is 0 Å². The number of hydrogen-bond donors (Lipinski definition) is 0. The molecule has 2 saturated carbocycles. The van der Waals surface area contributed by atoms with Crippen LogP contribution in [0.3, 0.4) is 0 Å². The van der Waals surface area contributed by atoms with Crippen LogP contribution in [0, 0.1) is 0 Å². The zero-order chi connectivity index (χ0) is 13.0. The predicted molar refractivity (Wildman–Crippen MR) is 72.2 cm³/mol. The molecule has 0 N–H and O–H groups in total. The number of fused-ring (bicyclic) bond motifs is 2. The Kier molecular flexibility index (Phi) is 2.39. The number of hydrogen-bond acceptors (Lipinski definition) is 1. The summed E-state index contributed by atoms with van der Waals surface area (Å²) >= 11 is 0. The summed E-state index contributed by atoms with van der Waals surface area (Å²) in [5.74, 6) is 0.827. The van der Waals surface area contributed by atoms with Gasteiger partial charge in [0.2, 0.25) is 0 Å². The van der Waals surface area contributed by atoms with Gasteiger partial charge in [-0.15, -0.1) is 0 Å². The van der Waals surface area contributed by atoms with Gasteiger partial charge in [-0.25, -0.2) is 4.39 Å². The number of carbonyl (C=O) groups excluding carboxylic acids is 1. The van der Waals surface area contributed by atoms with E-state index in [1.165, 1.54) is 24.0 Å². The van der Waals surface area contributed by atoms with Gasteiger partial charge in [0.15, 0.2) is 0 Å². The minimum atomic E-state index is -0.968. The normalized spacial score (nSPS) is 33.7. The molecule has 0 aliphatic heterocycles. The van der Waals surface area contributed by atoms with Crippen LogP contribution in [-0.4, -0.2) is 12.0 Å². The highest BCUT2D eigenvalue weighted by Crippen LogP contribution is 2.51. The Balaban J connectivity index is 1.91. The summed E-state index contributed by atoms with van der Waals surface area (Å²) in [5.41, 5.74) is 2.98. The molecule has 3 aliphatic rings. The van der Waals surface area contributed by atoms with E-state index in [4.69, 9.17) is 0 Å². The molecule has 0 heterocycles. The largest absolute Gasteiger partial charge is 0.299 e. The molecule has 0 bridgehead atoms. The molecule has 1 nitrogen and oxygen atoms in total. The molecule has 4 rings (SSSR count). The van der Waals surface area contributed by atoms with Gasteiger partial charge >= 0.3 is 0 Å². The first-order chi connectivity index (χ1) is 9.23. The predicted octanol–water partition coefficient (Wildman–Crippen LogP) is 3.84. The Morgan fingerprint density at radius 2 is 2.00 bits per heavy atom. The molecule has 2 atom stereocenters. The van der Waals surface area contributed by atoms with Gasteiger partial charge in [0.25, 0.3) is 0 Å².